The first-order chi connectivity index (χ1) is 12.5. The van der Waals surface area contributed by atoms with Gasteiger partial charge in [0.25, 0.3) is 0 Å². The second kappa shape index (κ2) is 7.68. The van der Waals surface area contributed by atoms with E-state index >= 15 is 0 Å². The Kier molecular flexibility index (Phi) is 6.38. The van der Waals surface area contributed by atoms with Crippen molar-refractivity contribution in [1.82, 2.24) is 4.90 Å². The van der Waals surface area contributed by atoms with Crippen molar-refractivity contribution >= 4 is 20.2 Å². The van der Waals surface area contributed by atoms with Crippen molar-refractivity contribution in [1.29, 1.82) is 0 Å². The highest BCUT2D eigenvalue weighted by Gasteiger charge is 2.59. The van der Waals surface area contributed by atoms with Crippen LogP contribution in [0.25, 0.3) is 0 Å². The zero-order chi connectivity index (χ0) is 21.7. The van der Waals surface area contributed by atoms with Crippen LogP contribution in [0.3, 0.4) is 0 Å². The zero-order valence-corrected chi connectivity index (χ0v) is 19.2. The lowest BCUT2D eigenvalue weighted by Gasteiger charge is -2.54. The molecule has 2 fully saturated rings. The van der Waals surface area contributed by atoms with E-state index in [1.807, 2.05) is 0 Å². The van der Waals surface area contributed by atoms with E-state index in [1.165, 1.54) is 4.90 Å². The number of nitrogens with zero attached hydrogens (tertiary/aromatic N) is 1. The molecule has 8 nitrogen and oxygen atoms in total. The molecule has 0 aliphatic carbocycles. The summed E-state index contributed by atoms with van der Waals surface area (Å²) in [4.78, 5) is 25.7. The first-order valence-electron chi connectivity index (χ1n) is 9.73. The summed E-state index contributed by atoms with van der Waals surface area (Å²) in [6.45, 7) is 15.6. The molecule has 9 heteroatoms. The van der Waals surface area contributed by atoms with E-state index in [0.717, 1.165) is 0 Å². The van der Waals surface area contributed by atoms with Crippen molar-refractivity contribution in [2.75, 3.05) is 13.2 Å². The lowest BCUT2D eigenvalue weighted by Crippen LogP contribution is -2.73. The summed E-state index contributed by atoms with van der Waals surface area (Å²) in [6, 6.07) is 0. The molecule has 0 aromatic rings. The second-order valence-corrected chi connectivity index (χ2v) is 15.0. The van der Waals surface area contributed by atoms with Crippen LogP contribution in [0.2, 0.25) is 18.1 Å². The maximum atomic E-state index is 12.4. The lowest BCUT2D eigenvalue weighted by molar-refractivity contribution is -0.276. The molecule has 0 spiro atoms. The topological polar surface area (TPSA) is 106 Å². The van der Waals surface area contributed by atoms with Crippen molar-refractivity contribution in [3.05, 3.63) is 0 Å². The Morgan fingerprint density at radius 1 is 1.14 bits per heavy atom. The average Bonchev–Trinajstić information content (AvgIpc) is 2.51. The van der Waals surface area contributed by atoms with E-state index in [1.54, 1.807) is 20.8 Å². The number of aliphatic hydroxyl groups excluding tert-OH is 2. The van der Waals surface area contributed by atoms with E-state index in [-0.39, 0.29) is 18.2 Å². The molecule has 0 aromatic heterocycles. The molecular weight excluding hydrogens is 382 g/mol. The van der Waals surface area contributed by atoms with Gasteiger partial charge in [0.05, 0.1) is 12.7 Å². The van der Waals surface area contributed by atoms with E-state index in [9.17, 15) is 19.8 Å². The van der Waals surface area contributed by atoms with Crippen LogP contribution >= 0.6 is 0 Å². The Morgan fingerprint density at radius 2 is 1.71 bits per heavy atom. The predicted molar refractivity (Wildman–Crippen MR) is 105 cm³/mol. The Labute approximate surface area is 168 Å². The summed E-state index contributed by atoms with van der Waals surface area (Å²) in [5, 5.41) is 20.8. The van der Waals surface area contributed by atoms with Gasteiger partial charge in [0, 0.05) is 0 Å². The molecule has 0 radical (unpaired) electrons. The van der Waals surface area contributed by atoms with Crippen LogP contribution in [-0.2, 0) is 23.5 Å². The fourth-order valence-corrected chi connectivity index (χ4v) is 4.05. The molecule has 0 saturated carbocycles. The fraction of sp³-hybridized carbons (Fsp3) is 0.895. The molecule has 2 aliphatic rings. The highest BCUT2D eigenvalue weighted by Crippen LogP contribution is 2.40. The summed E-state index contributed by atoms with van der Waals surface area (Å²) in [5.74, 6) is -1.84. The molecule has 5 atom stereocenters. The first kappa shape index (κ1) is 23.3. The average molecular weight is 418 g/mol. The van der Waals surface area contributed by atoms with Gasteiger partial charge >= 0.3 is 5.97 Å². The third-order valence-corrected chi connectivity index (χ3v) is 10.2. The SMILES string of the molecule is CC(C)(C)OC(=O)CN1C(=O)[C@@H]2[C@@H](O)[C@@H](O)[C@@H](CO[Si](C)(C)C(C)(C)C)O[C@@H]21. The number of hydrogen-bond donors (Lipinski definition) is 2. The van der Waals surface area contributed by atoms with Gasteiger partial charge in [-0.3, -0.25) is 9.59 Å². The van der Waals surface area contributed by atoms with Crippen LogP contribution in [0.4, 0.5) is 0 Å². The van der Waals surface area contributed by atoms with Crippen molar-refractivity contribution < 1.29 is 33.7 Å². The molecule has 2 heterocycles. The van der Waals surface area contributed by atoms with E-state index in [0.29, 0.717) is 0 Å². The highest BCUT2D eigenvalue weighted by molar-refractivity contribution is 6.74. The van der Waals surface area contributed by atoms with E-state index in [2.05, 4.69) is 33.9 Å². The quantitative estimate of drug-likeness (QED) is 0.394. The van der Waals surface area contributed by atoms with Crippen molar-refractivity contribution in [2.24, 2.45) is 5.92 Å². The maximum absolute atomic E-state index is 12.4. The largest absolute Gasteiger partial charge is 0.459 e. The Bertz CT molecular complexity index is 610. The number of ether oxygens (including phenoxy) is 2. The van der Waals surface area contributed by atoms with Crippen molar-refractivity contribution in [2.45, 2.75) is 89.8 Å². The Balaban J connectivity index is 2.03. The van der Waals surface area contributed by atoms with Crippen LogP contribution in [0.5, 0.6) is 0 Å². The van der Waals surface area contributed by atoms with Gasteiger partial charge in [-0.2, -0.15) is 0 Å². The summed E-state index contributed by atoms with van der Waals surface area (Å²) >= 11 is 0. The monoisotopic (exact) mass is 417 g/mol. The molecular formula is C19H35NO7Si. The molecule has 0 bridgehead atoms. The number of carbonyl (C=O) groups is 2. The highest BCUT2D eigenvalue weighted by atomic mass is 28.4. The third kappa shape index (κ3) is 4.76. The van der Waals surface area contributed by atoms with Gasteiger partial charge in [0.2, 0.25) is 5.91 Å². The number of β-lactam (4-membered cyclic amide) rings is 1. The van der Waals surface area contributed by atoms with Crippen molar-refractivity contribution in [3.8, 4) is 0 Å². The smallest absolute Gasteiger partial charge is 0.326 e. The van der Waals surface area contributed by atoms with E-state index < -0.39 is 56.3 Å². The van der Waals surface area contributed by atoms with Gasteiger partial charge in [0.1, 0.15) is 36.5 Å². The molecule has 162 valence electrons. The van der Waals surface area contributed by atoms with Crippen LogP contribution in [0.15, 0.2) is 0 Å². The number of rotatable bonds is 5. The van der Waals surface area contributed by atoms with Crippen LogP contribution < -0.4 is 0 Å². The molecule has 0 aromatic carbocycles. The number of likely N-dealkylation sites (tertiary alicyclic amines) is 1. The first-order valence-corrected chi connectivity index (χ1v) is 12.6. The minimum absolute atomic E-state index is 0.0110. The number of amides is 1. The molecule has 2 rings (SSSR count). The van der Waals surface area contributed by atoms with Gasteiger partial charge < -0.3 is 29.0 Å². The normalized spacial score (nSPS) is 31.3. The zero-order valence-electron chi connectivity index (χ0n) is 18.2. The lowest BCUT2D eigenvalue weighted by atomic mass is 9.82. The molecule has 1 amide bonds. The number of esters is 1. The maximum Gasteiger partial charge on any atom is 0.326 e. The summed E-state index contributed by atoms with van der Waals surface area (Å²) in [5.41, 5.74) is -0.660. The molecule has 2 aliphatic heterocycles. The number of aliphatic hydroxyl groups is 2. The Morgan fingerprint density at radius 3 is 2.21 bits per heavy atom. The van der Waals surface area contributed by atoms with E-state index in [4.69, 9.17) is 13.9 Å². The Hall–Kier alpha value is -1.00. The number of carbonyl (C=O) groups excluding carboxylic acids is 2. The fourth-order valence-electron chi connectivity index (χ4n) is 3.04. The third-order valence-electron chi connectivity index (χ3n) is 5.73. The minimum atomic E-state index is -2.07. The van der Waals surface area contributed by atoms with Crippen LogP contribution in [0, 0.1) is 5.92 Å². The van der Waals surface area contributed by atoms with Gasteiger partial charge in [-0.1, -0.05) is 20.8 Å². The standard InChI is InChI=1S/C19H35NO7Si/c1-18(2,3)27-12(21)9-20-16(24)13-15(23)14(22)11(26-17(13)20)10-25-28(7,8)19(4,5)6/h11,13-15,17,22-23H,9-10H2,1-8H3/t11-,13+,14+,15-,17+/m1/s1. The molecule has 0 unspecified atom stereocenters. The molecule has 2 saturated heterocycles. The van der Waals surface area contributed by atoms with Gasteiger partial charge in [-0.15, -0.1) is 0 Å². The number of hydrogen-bond acceptors (Lipinski definition) is 7. The summed E-state index contributed by atoms with van der Waals surface area (Å²) in [7, 11) is -2.07. The minimum Gasteiger partial charge on any atom is -0.459 e. The number of fused-ring (bicyclic) bond motifs is 1. The molecule has 2 N–H and O–H groups in total. The molecule has 28 heavy (non-hydrogen) atoms. The summed E-state index contributed by atoms with van der Waals surface area (Å²) in [6.07, 6.45) is -4.03. The second-order valence-electron chi connectivity index (χ2n) is 10.2. The van der Waals surface area contributed by atoms with Crippen molar-refractivity contribution in [3.63, 3.8) is 0 Å². The van der Waals surface area contributed by atoms with Crippen LogP contribution in [0.1, 0.15) is 41.5 Å². The predicted octanol–water partition coefficient (Wildman–Crippen LogP) is 1.25. The van der Waals surface area contributed by atoms with Crippen LogP contribution in [-0.4, -0.2) is 78.6 Å². The van der Waals surface area contributed by atoms with Gasteiger partial charge in [-0.05, 0) is 38.9 Å². The van der Waals surface area contributed by atoms with Gasteiger partial charge in [0.15, 0.2) is 8.32 Å². The van der Waals surface area contributed by atoms with Gasteiger partial charge in [-0.25, -0.2) is 0 Å². The summed E-state index contributed by atoms with van der Waals surface area (Å²) < 4.78 is 17.2.